The molecule has 1 fully saturated rings. The molecule has 16 heavy (non-hydrogen) atoms. The zero-order chi connectivity index (χ0) is 12.5. The second-order valence-corrected chi connectivity index (χ2v) is 5.82. The maximum Gasteiger partial charge on any atom is 0.241 e. The van der Waals surface area contributed by atoms with Gasteiger partial charge in [0.2, 0.25) is 5.91 Å². The summed E-state index contributed by atoms with van der Waals surface area (Å²) in [6.45, 7) is 10.6. The van der Waals surface area contributed by atoms with Crippen molar-refractivity contribution in [1.82, 2.24) is 9.80 Å². The Balaban J connectivity index is 2.89. The molecule has 0 aromatic heterocycles. The topological polar surface area (TPSA) is 49.6 Å². The second kappa shape index (κ2) is 4.72. The van der Waals surface area contributed by atoms with Crippen molar-refractivity contribution in [1.29, 1.82) is 0 Å². The molecule has 1 amide bonds. The molecule has 1 aliphatic rings. The van der Waals surface area contributed by atoms with Gasteiger partial charge < -0.3 is 10.6 Å². The molecule has 0 aliphatic carbocycles. The van der Waals surface area contributed by atoms with E-state index < -0.39 is 0 Å². The average molecular weight is 227 g/mol. The fourth-order valence-electron chi connectivity index (χ4n) is 2.46. The normalized spacial score (nSPS) is 26.6. The van der Waals surface area contributed by atoms with Crippen LogP contribution in [0.2, 0.25) is 0 Å². The molecule has 0 radical (unpaired) electrons. The largest absolute Gasteiger partial charge is 0.335 e. The Morgan fingerprint density at radius 3 is 2.50 bits per heavy atom. The molecule has 1 saturated heterocycles. The van der Waals surface area contributed by atoms with Crippen LogP contribution in [0.5, 0.6) is 0 Å². The number of carbonyl (C=O) groups excluding carboxylic acids is 1. The first-order valence-electron chi connectivity index (χ1n) is 6.01. The highest BCUT2D eigenvalue weighted by Gasteiger charge is 2.42. The van der Waals surface area contributed by atoms with E-state index in [9.17, 15) is 4.79 Å². The second-order valence-electron chi connectivity index (χ2n) is 5.82. The summed E-state index contributed by atoms with van der Waals surface area (Å²) in [4.78, 5) is 16.4. The van der Waals surface area contributed by atoms with Crippen molar-refractivity contribution < 1.29 is 4.79 Å². The van der Waals surface area contributed by atoms with Gasteiger partial charge in [-0.25, -0.2) is 0 Å². The summed E-state index contributed by atoms with van der Waals surface area (Å²) in [5.41, 5.74) is 5.58. The van der Waals surface area contributed by atoms with Crippen LogP contribution < -0.4 is 5.73 Å². The molecular weight excluding hydrogens is 202 g/mol. The van der Waals surface area contributed by atoms with E-state index in [1.54, 1.807) is 0 Å². The maximum atomic E-state index is 12.3. The maximum absolute atomic E-state index is 12.3. The lowest BCUT2D eigenvalue weighted by Gasteiger charge is -2.49. The predicted molar refractivity (Wildman–Crippen MR) is 66.1 cm³/mol. The van der Waals surface area contributed by atoms with Gasteiger partial charge in [-0.2, -0.15) is 0 Å². The van der Waals surface area contributed by atoms with Crippen molar-refractivity contribution in [3.63, 3.8) is 0 Å². The summed E-state index contributed by atoms with van der Waals surface area (Å²) in [5.74, 6) is 0.667. The lowest BCUT2D eigenvalue weighted by atomic mass is 9.94. The molecule has 2 N–H and O–H groups in total. The minimum atomic E-state index is -0.147. The van der Waals surface area contributed by atoms with Crippen molar-refractivity contribution >= 4 is 5.91 Å². The van der Waals surface area contributed by atoms with Crippen molar-refractivity contribution in [3.8, 4) is 0 Å². The first-order chi connectivity index (χ1) is 7.29. The van der Waals surface area contributed by atoms with E-state index in [0.29, 0.717) is 12.5 Å². The fraction of sp³-hybridized carbons (Fsp3) is 0.917. The van der Waals surface area contributed by atoms with Crippen LogP contribution in [-0.2, 0) is 4.79 Å². The molecule has 4 heteroatoms. The molecule has 94 valence electrons. The van der Waals surface area contributed by atoms with Gasteiger partial charge in [-0.15, -0.1) is 0 Å². The summed E-state index contributed by atoms with van der Waals surface area (Å²) in [6.07, 6.45) is 0. The van der Waals surface area contributed by atoms with E-state index in [2.05, 4.69) is 32.6 Å². The predicted octanol–water partition coefficient (Wildman–Crippen LogP) is 0.522. The van der Waals surface area contributed by atoms with Gasteiger partial charge in [0.05, 0.1) is 0 Å². The Kier molecular flexibility index (Phi) is 3.97. The summed E-state index contributed by atoms with van der Waals surface area (Å²) in [6, 6.07) is -0.147. The van der Waals surface area contributed by atoms with Crippen LogP contribution in [0.15, 0.2) is 0 Å². The SMILES string of the molecule is CC(C)CN1C(=O)C(CN)N(C)CC1(C)C. The minimum Gasteiger partial charge on any atom is -0.335 e. The number of hydrogen-bond acceptors (Lipinski definition) is 3. The van der Waals surface area contributed by atoms with Crippen LogP contribution in [0.1, 0.15) is 27.7 Å². The van der Waals surface area contributed by atoms with E-state index in [1.165, 1.54) is 0 Å². The van der Waals surface area contributed by atoms with Gasteiger partial charge in [0, 0.05) is 25.2 Å². The molecule has 1 aliphatic heterocycles. The average Bonchev–Trinajstić information content (AvgIpc) is 2.11. The van der Waals surface area contributed by atoms with Gasteiger partial charge in [0.15, 0.2) is 0 Å². The van der Waals surface area contributed by atoms with Gasteiger partial charge in [-0.1, -0.05) is 13.8 Å². The number of amides is 1. The fourth-order valence-corrected chi connectivity index (χ4v) is 2.46. The Hall–Kier alpha value is -0.610. The van der Waals surface area contributed by atoms with Gasteiger partial charge in [-0.05, 0) is 26.8 Å². The smallest absolute Gasteiger partial charge is 0.241 e. The summed E-state index contributed by atoms with van der Waals surface area (Å²) in [5, 5.41) is 0. The standard InChI is InChI=1S/C12H25N3O/c1-9(2)7-15-11(16)10(6-13)14(5)8-12(15,3)4/h9-10H,6-8,13H2,1-5H3. The highest BCUT2D eigenvalue weighted by Crippen LogP contribution is 2.25. The molecule has 1 unspecified atom stereocenters. The zero-order valence-corrected chi connectivity index (χ0v) is 11.2. The first-order valence-corrected chi connectivity index (χ1v) is 6.01. The number of nitrogens with two attached hydrogens (primary N) is 1. The number of rotatable bonds is 3. The van der Waals surface area contributed by atoms with E-state index in [0.717, 1.165) is 13.1 Å². The van der Waals surface area contributed by atoms with E-state index >= 15 is 0 Å². The molecule has 0 saturated carbocycles. The van der Waals surface area contributed by atoms with Crippen molar-refractivity contribution in [2.45, 2.75) is 39.3 Å². The number of carbonyl (C=O) groups is 1. The Morgan fingerprint density at radius 2 is 2.06 bits per heavy atom. The van der Waals surface area contributed by atoms with E-state index in [-0.39, 0.29) is 17.5 Å². The van der Waals surface area contributed by atoms with Crippen molar-refractivity contribution in [2.75, 3.05) is 26.7 Å². The first kappa shape index (κ1) is 13.5. The monoisotopic (exact) mass is 227 g/mol. The molecule has 4 nitrogen and oxygen atoms in total. The Labute approximate surface area is 98.8 Å². The molecule has 0 aromatic rings. The van der Waals surface area contributed by atoms with Crippen molar-refractivity contribution in [3.05, 3.63) is 0 Å². The number of likely N-dealkylation sites (N-methyl/N-ethyl adjacent to an activating group) is 1. The molecule has 0 bridgehead atoms. The lowest BCUT2D eigenvalue weighted by Crippen LogP contribution is -2.67. The third-order valence-electron chi connectivity index (χ3n) is 3.22. The van der Waals surface area contributed by atoms with Gasteiger partial charge >= 0.3 is 0 Å². The molecule has 1 rings (SSSR count). The third kappa shape index (κ3) is 2.55. The Morgan fingerprint density at radius 1 is 1.50 bits per heavy atom. The highest BCUT2D eigenvalue weighted by atomic mass is 16.2. The van der Waals surface area contributed by atoms with Gasteiger partial charge in [0.25, 0.3) is 0 Å². The summed E-state index contributed by atoms with van der Waals surface area (Å²) >= 11 is 0. The van der Waals surface area contributed by atoms with Crippen LogP contribution in [0.4, 0.5) is 0 Å². The van der Waals surface area contributed by atoms with Gasteiger partial charge in [0.1, 0.15) is 6.04 Å². The van der Waals surface area contributed by atoms with Crippen LogP contribution in [0.3, 0.4) is 0 Å². The quantitative estimate of drug-likeness (QED) is 0.765. The highest BCUT2D eigenvalue weighted by molar-refractivity contribution is 5.83. The number of piperazine rings is 1. The number of nitrogens with zero attached hydrogens (tertiary/aromatic N) is 2. The van der Waals surface area contributed by atoms with Crippen molar-refractivity contribution in [2.24, 2.45) is 11.7 Å². The zero-order valence-electron chi connectivity index (χ0n) is 11.2. The van der Waals surface area contributed by atoms with Crippen LogP contribution in [-0.4, -0.2) is 54.0 Å². The van der Waals surface area contributed by atoms with Crippen LogP contribution >= 0.6 is 0 Å². The Bertz CT molecular complexity index is 263. The van der Waals surface area contributed by atoms with E-state index in [1.807, 2.05) is 11.9 Å². The molecule has 1 atom stereocenters. The molecule has 1 heterocycles. The summed E-state index contributed by atoms with van der Waals surface area (Å²) in [7, 11) is 1.98. The minimum absolute atomic E-state index is 0.0955. The van der Waals surface area contributed by atoms with Gasteiger partial charge in [-0.3, -0.25) is 9.69 Å². The molecular formula is C12H25N3O. The molecule has 0 aromatic carbocycles. The van der Waals surface area contributed by atoms with Crippen LogP contribution in [0, 0.1) is 5.92 Å². The third-order valence-corrected chi connectivity index (χ3v) is 3.22. The summed E-state index contributed by atoms with van der Waals surface area (Å²) < 4.78 is 0. The molecule has 0 spiro atoms. The van der Waals surface area contributed by atoms with Crippen LogP contribution in [0.25, 0.3) is 0 Å². The van der Waals surface area contributed by atoms with E-state index in [4.69, 9.17) is 5.73 Å². The number of hydrogen-bond donors (Lipinski definition) is 1. The lowest BCUT2D eigenvalue weighted by molar-refractivity contribution is -0.150.